The van der Waals surface area contributed by atoms with Crippen molar-refractivity contribution in [2.24, 2.45) is 0 Å². The van der Waals surface area contributed by atoms with Crippen molar-refractivity contribution in [2.45, 2.75) is 35.8 Å². The zero-order valence-electron chi connectivity index (χ0n) is 12.8. The van der Waals surface area contributed by atoms with E-state index in [1.54, 1.807) is 34.4 Å². The molecule has 3 aromatic heterocycles. The molecule has 0 unspecified atom stereocenters. The molecule has 1 aliphatic rings. The van der Waals surface area contributed by atoms with Gasteiger partial charge in [0.25, 0.3) is 5.91 Å². The zero-order valence-corrected chi connectivity index (χ0v) is 16.0. The average molecular weight is 394 g/mol. The highest BCUT2D eigenvalue weighted by Crippen LogP contribution is 2.32. The van der Waals surface area contributed by atoms with Gasteiger partial charge >= 0.3 is 0 Å². The third kappa shape index (κ3) is 3.72. The number of aryl methyl sites for hydroxylation is 2. The maximum absolute atomic E-state index is 12.4. The molecule has 3 aromatic rings. The average Bonchev–Trinajstić information content (AvgIpc) is 3.33. The van der Waals surface area contributed by atoms with Crippen LogP contribution < -0.4 is 5.32 Å². The van der Waals surface area contributed by atoms with Crippen molar-refractivity contribution in [3.8, 4) is 0 Å². The molecule has 0 radical (unpaired) electrons. The van der Waals surface area contributed by atoms with Gasteiger partial charge in [-0.3, -0.25) is 10.1 Å². The van der Waals surface area contributed by atoms with Gasteiger partial charge in [0.1, 0.15) is 0 Å². The van der Waals surface area contributed by atoms with Crippen molar-refractivity contribution in [1.29, 1.82) is 0 Å². The SMILES string of the molecule is O=C(Nc1nnc(SCc2cccs2)s1)c1cc2c(s1)CCCC2. The van der Waals surface area contributed by atoms with Crippen molar-refractivity contribution >= 4 is 56.8 Å². The van der Waals surface area contributed by atoms with Gasteiger partial charge in [-0.25, -0.2) is 0 Å². The summed E-state index contributed by atoms with van der Waals surface area (Å²) in [5, 5.41) is 13.8. The van der Waals surface area contributed by atoms with E-state index in [4.69, 9.17) is 0 Å². The van der Waals surface area contributed by atoms with E-state index >= 15 is 0 Å². The second-order valence-corrected chi connectivity index (χ2v) is 9.83. The summed E-state index contributed by atoms with van der Waals surface area (Å²) in [5.41, 5.74) is 1.35. The number of carbonyl (C=O) groups excluding carboxylic acids is 1. The maximum Gasteiger partial charge on any atom is 0.267 e. The van der Waals surface area contributed by atoms with Crippen LogP contribution >= 0.6 is 45.8 Å². The number of amides is 1. The van der Waals surface area contributed by atoms with Crippen LogP contribution in [0.4, 0.5) is 5.13 Å². The molecule has 4 nitrogen and oxygen atoms in total. The van der Waals surface area contributed by atoms with Crippen molar-refractivity contribution in [3.63, 3.8) is 0 Å². The molecule has 3 heterocycles. The first-order chi connectivity index (χ1) is 11.8. The summed E-state index contributed by atoms with van der Waals surface area (Å²) in [5.74, 6) is 0.818. The lowest BCUT2D eigenvalue weighted by molar-refractivity contribution is 0.103. The smallest absolute Gasteiger partial charge is 0.267 e. The third-order valence-electron chi connectivity index (χ3n) is 3.77. The molecule has 0 fully saturated rings. The predicted octanol–water partition coefficient (Wildman–Crippen LogP) is 5.08. The van der Waals surface area contributed by atoms with Crippen LogP contribution in [-0.2, 0) is 18.6 Å². The number of nitrogens with one attached hydrogen (secondary N) is 1. The molecular weight excluding hydrogens is 378 g/mol. The molecule has 0 atom stereocenters. The van der Waals surface area contributed by atoms with Gasteiger partial charge in [0, 0.05) is 15.5 Å². The Bertz CT molecular complexity index is 814. The van der Waals surface area contributed by atoms with E-state index in [0.717, 1.165) is 27.8 Å². The first kappa shape index (κ1) is 16.3. The number of thioether (sulfide) groups is 1. The lowest BCUT2D eigenvalue weighted by Gasteiger charge is -2.08. The topological polar surface area (TPSA) is 54.9 Å². The number of nitrogens with zero attached hydrogens (tertiary/aromatic N) is 2. The van der Waals surface area contributed by atoms with E-state index < -0.39 is 0 Å². The van der Waals surface area contributed by atoms with E-state index in [2.05, 4.69) is 27.0 Å². The molecule has 124 valence electrons. The summed E-state index contributed by atoms with van der Waals surface area (Å²) < 4.78 is 0.879. The van der Waals surface area contributed by atoms with Crippen molar-refractivity contribution in [1.82, 2.24) is 10.2 Å². The van der Waals surface area contributed by atoms with Gasteiger partial charge < -0.3 is 0 Å². The Morgan fingerprint density at radius 3 is 3.00 bits per heavy atom. The molecule has 0 aromatic carbocycles. The van der Waals surface area contributed by atoms with Crippen molar-refractivity contribution in [3.05, 3.63) is 43.8 Å². The zero-order chi connectivity index (χ0) is 16.4. The Morgan fingerprint density at radius 2 is 2.17 bits per heavy atom. The van der Waals surface area contributed by atoms with Gasteiger partial charge in [-0.1, -0.05) is 29.2 Å². The van der Waals surface area contributed by atoms with Gasteiger partial charge in [-0.05, 0) is 48.8 Å². The highest BCUT2D eigenvalue weighted by molar-refractivity contribution is 8.00. The number of thiophene rings is 2. The Balaban J connectivity index is 1.38. The second-order valence-electron chi connectivity index (χ2n) is 5.46. The van der Waals surface area contributed by atoms with Crippen LogP contribution in [0.2, 0.25) is 0 Å². The molecule has 0 aliphatic heterocycles. The van der Waals surface area contributed by atoms with E-state index in [-0.39, 0.29) is 5.91 Å². The van der Waals surface area contributed by atoms with Gasteiger partial charge in [0.05, 0.1) is 4.88 Å². The fraction of sp³-hybridized carbons (Fsp3) is 0.312. The van der Waals surface area contributed by atoms with E-state index in [1.807, 2.05) is 12.1 Å². The van der Waals surface area contributed by atoms with Crippen LogP contribution in [-0.4, -0.2) is 16.1 Å². The maximum atomic E-state index is 12.4. The monoisotopic (exact) mass is 393 g/mol. The molecule has 0 saturated carbocycles. The first-order valence-electron chi connectivity index (χ1n) is 7.69. The molecule has 0 bridgehead atoms. The second kappa shape index (κ2) is 7.35. The summed E-state index contributed by atoms with van der Waals surface area (Å²) in [6.45, 7) is 0. The van der Waals surface area contributed by atoms with Crippen molar-refractivity contribution < 1.29 is 4.79 Å². The summed E-state index contributed by atoms with van der Waals surface area (Å²) in [7, 11) is 0. The third-order valence-corrected chi connectivity index (χ3v) is 8.08. The minimum absolute atomic E-state index is 0.0691. The lowest BCUT2D eigenvalue weighted by atomic mass is 9.99. The highest BCUT2D eigenvalue weighted by Gasteiger charge is 2.18. The number of rotatable bonds is 5. The van der Waals surface area contributed by atoms with Gasteiger partial charge in [0.15, 0.2) is 4.34 Å². The van der Waals surface area contributed by atoms with Crippen LogP contribution in [0.25, 0.3) is 0 Å². The normalized spacial score (nSPS) is 13.7. The molecule has 1 N–H and O–H groups in total. The summed E-state index contributed by atoms with van der Waals surface area (Å²) >= 11 is 6.44. The molecule has 24 heavy (non-hydrogen) atoms. The molecule has 4 rings (SSSR count). The number of anilines is 1. The Labute approximate surface area is 156 Å². The van der Waals surface area contributed by atoms with Crippen LogP contribution in [0, 0.1) is 0 Å². The standard InChI is InChI=1S/C16H15N3OS4/c20-14(13-8-10-4-1-2-6-12(10)23-13)17-15-18-19-16(24-15)22-9-11-5-3-7-21-11/h3,5,7-8H,1-2,4,6,9H2,(H,17,18,20). The number of hydrogen-bond donors (Lipinski definition) is 1. The molecular formula is C16H15N3OS4. The minimum atomic E-state index is -0.0691. The Kier molecular flexibility index (Phi) is 4.98. The Hall–Kier alpha value is -1.22. The summed E-state index contributed by atoms with van der Waals surface area (Å²) in [4.78, 5) is 15.9. The quantitative estimate of drug-likeness (QED) is 0.485. The number of fused-ring (bicyclic) bond motifs is 1. The van der Waals surface area contributed by atoms with E-state index in [1.165, 1.54) is 39.5 Å². The lowest BCUT2D eigenvalue weighted by Crippen LogP contribution is -2.09. The van der Waals surface area contributed by atoms with Crippen LogP contribution in [0.1, 0.15) is 37.8 Å². The number of carbonyl (C=O) groups is 1. The van der Waals surface area contributed by atoms with Crippen LogP contribution in [0.5, 0.6) is 0 Å². The molecule has 1 amide bonds. The van der Waals surface area contributed by atoms with E-state index in [0.29, 0.717) is 5.13 Å². The van der Waals surface area contributed by atoms with Gasteiger partial charge in [0.2, 0.25) is 5.13 Å². The fourth-order valence-electron chi connectivity index (χ4n) is 2.61. The van der Waals surface area contributed by atoms with Gasteiger partial charge in [-0.2, -0.15) is 0 Å². The predicted molar refractivity (Wildman–Crippen MR) is 103 cm³/mol. The molecule has 8 heteroatoms. The molecule has 1 aliphatic carbocycles. The number of hydrogen-bond acceptors (Lipinski definition) is 7. The molecule has 0 saturated heterocycles. The Morgan fingerprint density at radius 1 is 1.25 bits per heavy atom. The first-order valence-corrected chi connectivity index (χ1v) is 11.2. The van der Waals surface area contributed by atoms with Crippen molar-refractivity contribution in [2.75, 3.05) is 5.32 Å². The largest absolute Gasteiger partial charge is 0.296 e. The highest BCUT2D eigenvalue weighted by atomic mass is 32.2. The number of aromatic nitrogens is 2. The van der Waals surface area contributed by atoms with Crippen LogP contribution in [0.15, 0.2) is 27.9 Å². The molecule has 0 spiro atoms. The van der Waals surface area contributed by atoms with Gasteiger partial charge in [-0.15, -0.1) is 32.9 Å². The fourth-order valence-corrected chi connectivity index (χ4v) is 6.28. The summed E-state index contributed by atoms with van der Waals surface area (Å²) in [6.07, 6.45) is 4.67. The van der Waals surface area contributed by atoms with E-state index in [9.17, 15) is 4.79 Å². The minimum Gasteiger partial charge on any atom is -0.296 e. The van der Waals surface area contributed by atoms with Crippen LogP contribution in [0.3, 0.4) is 0 Å². The summed E-state index contributed by atoms with van der Waals surface area (Å²) in [6, 6.07) is 6.20.